The Morgan fingerprint density at radius 1 is 1.57 bits per heavy atom. The number of hydrogen-bond donors (Lipinski definition) is 1. The van der Waals surface area contributed by atoms with Crippen molar-refractivity contribution in [1.29, 1.82) is 0 Å². The Morgan fingerprint density at radius 3 is 3.09 bits per heavy atom. The van der Waals surface area contributed by atoms with Gasteiger partial charge in [0.1, 0.15) is 12.4 Å². The topological polar surface area (TPSA) is 81.5 Å². The fourth-order valence-electron chi connectivity index (χ4n) is 2.97. The number of nitrogens with one attached hydrogen (secondary N) is 1. The largest absolute Gasteiger partial charge is 0.383 e. The minimum atomic E-state index is -0.223. The second-order valence-corrected chi connectivity index (χ2v) is 6.13. The molecule has 2 atom stereocenters. The number of aryl methyl sites for hydroxylation is 1. The number of methoxy groups -OCH3 is 1. The fourth-order valence-corrected chi connectivity index (χ4v) is 2.97. The molecule has 8 nitrogen and oxygen atoms in total. The van der Waals surface area contributed by atoms with Crippen LogP contribution < -0.4 is 5.32 Å². The molecule has 0 aromatic carbocycles. The summed E-state index contributed by atoms with van der Waals surface area (Å²) in [4.78, 5) is 14.3. The first kappa shape index (κ1) is 16.2. The van der Waals surface area contributed by atoms with E-state index < -0.39 is 0 Å². The molecule has 128 valence electrons. The van der Waals surface area contributed by atoms with Crippen molar-refractivity contribution in [2.75, 3.05) is 33.4 Å². The van der Waals surface area contributed by atoms with Crippen LogP contribution in [0.1, 0.15) is 31.7 Å². The molecule has 2 aliphatic rings. The van der Waals surface area contributed by atoms with Gasteiger partial charge in [-0.2, -0.15) is 0 Å². The minimum absolute atomic E-state index is 0.0465. The van der Waals surface area contributed by atoms with Crippen LogP contribution in [0.4, 0.5) is 4.79 Å². The molecular weight excluding hydrogens is 298 g/mol. The van der Waals surface area contributed by atoms with Gasteiger partial charge < -0.3 is 24.3 Å². The highest BCUT2D eigenvalue weighted by molar-refractivity contribution is 5.74. The number of nitrogens with zero attached hydrogens (tertiary/aromatic N) is 4. The molecule has 0 unspecified atom stereocenters. The Bertz CT molecular complexity index is 531. The van der Waals surface area contributed by atoms with Gasteiger partial charge in [-0.25, -0.2) is 4.79 Å². The van der Waals surface area contributed by atoms with Gasteiger partial charge in [-0.05, 0) is 25.7 Å². The van der Waals surface area contributed by atoms with Crippen molar-refractivity contribution >= 4 is 6.03 Å². The van der Waals surface area contributed by atoms with Crippen LogP contribution >= 0.6 is 0 Å². The molecule has 3 rings (SSSR count). The van der Waals surface area contributed by atoms with Gasteiger partial charge in [-0.15, -0.1) is 10.2 Å². The summed E-state index contributed by atoms with van der Waals surface area (Å²) in [7, 11) is 1.67. The van der Waals surface area contributed by atoms with E-state index in [0.29, 0.717) is 32.2 Å². The zero-order chi connectivity index (χ0) is 16.2. The van der Waals surface area contributed by atoms with E-state index in [-0.39, 0.29) is 18.2 Å². The SMILES string of the molecule is CCn1cnnc1[C@H]1CN(C(=O)N[C@H](COC)C2CC2)CCO1. The molecule has 1 aromatic heterocycles. The van der Waals surface area contributed by atoms with Gasteiger partial charge in [-0.3, -0.25) is 0 Å². The Morgan fingerprint density at radius 2 is 2.39 bits per heavy atom. The molecule has 0 spiro atoms. The first-order chi connectivity index (χ1) is 11.2. The lowest BCUT2D eigenvalue weighted by Gasteiger charge is -2.33. The zero-order valence-corrected chi connectivity index (χ0v) is 13.8. The molecular formula is C15H25N5O3. The standard InChI is InChI=1S/C15H25N5O3/c1-3-19-10-16-18-14(19)13-8-20(6-7-23-13)15(21)17-12(9-22-2)11-4-5-11/h10-13H,3-9H2,1-2H3,(H,17,21)/t12-,13-/m1/s1. The number of carbonyl (C=O) groups is 1. The van der Waals surface area contributed by atoms with Crippen molar-refractivity contribution in [3.63, 3.8) is 0 Å². The highest BCUT2D eigenvalue weighted by atomic mass is 16.5. The van der Waals surface area contributed by atoms with E-state index in [1.54, 1.807) is 18.3 Å². The van der Waals surface area contributed by atoms with Crippen molar-refractivity contribution in [2.24, 2.45) is 5.92 Å². The average molecular weight is 323 g/mol. The highest BCUT2D eigenvalue weighted by Crippen LogP contribution is 2.33. The molecule has 8 heteroatoms. The average Bonchev–Trinajstić information content (AvgIpc) is 3.31. The van der Waals surface area contributed by atoms with E-state index in [1.807, 2.05) is 11.5 Å². The van der Waals surface area contributed by atoms with Crippen LogP contribution in [0.5, 0.6) is 0 Å². The number of ether oxygens (including phenoxy) is 2. The molecule has 2 amide bonds. The van der Waals surface area contributed by atoms with Gasteiger partial charge in [0.05, 0.1) is 25.8 Å². The smallest absolute Gasteiger partial charge is 0.317 e. The van der Waals surface area contributed by atoms with Gasteiger partial charge in [0.15, 0.2) is 5.82 Å². The van der Waals surface area contributed by atoms with E-state index >= 15 is 0 Å². The molecule has 0 radical (unpaired) electrons. The third-order valence-electron chi connectivity index (χ3n) is 4.47. The Labute approximate surface area is 136 Å². The normalized spacial score (nSPS) is 22.9. The monoisotopic (exact) mass is 323 g/mol. The second-order valence-electron chi connectivity index (χ2n) is 6.13. The fraction of sp³-hybridized carbons (Fsp3) is 0.800. The number of rotatable bonds is 6. The third-order valence-corrected chi connectivity index (χ3v) is 4.47. The summed E-state index contributed by atoms with van der Waals surface area (Å²) in [6, 6.07) is 0.0582. The number of aromatic nitrogens is 3. The molecule has 2 heterocycles. The number of amides is 2. The molecule has 1 saturated heterocycles. The molecule has 1 aromatic rings. The van der Waals surface area contributed by atoms with Gasteiger partial charge in [0, 0.05) is 20.2 Å². The van der Waals surface area contributed by atoms with Gasteiger partial charge in [0.2, 0.25) is 0 Å². The summed E-state index contributed by atoms with van der Waals surface area (Å²) in [6.07, 6.45) is 3.80. The molecule has 1 aliphatic carbocycles. The van der Waals surface area contributed by atoms with E-state index in [4.69, 9.17) is 9.47 Å². The van der Waals surface area contributed by atoms with Crippen LogP contribution in [-0.4, -0.2) is 65.2 Å². The number of morpholine rings is 1. The maximum Gasteiger partial charge on any atom is 0.317 e. The quantitative estimate of drug-likeness (QED) is 0.838. The Kier molecular flexibility index (Phi) is 5.12. The van der Waals surface area contributed by atoms with Crippen LogP contribution in [0.15, 0.2) is 6.33 Å². The lowest BCUT2D eigenvalue weighted by atomic mass is 10.2. The molecule has 2 fully saturated rings. The predicted octanol–water partition coefficient (Wildman–Crippen LogP) is 0.806. The summed E-state index contributed by atoms with van der Waals surface area (Å²) in [5.74, 6) is 1.33. The predicted molar refractivity (Wildman–Crippen MR) is 82.9 cm³/mol. The molecule has 1 aliphatic heterocycles. The second kappa shape index (κ2) is 7.27. The molecule has 1 N–H and O–H groups in total. The van der Waals surface area contributed by atoms with Crippen LogP contribution in [0.3, 0.4) is 0 Å². The zero-order valence-electron chi connectivity index (χ0n) is 13.8. The van der Waals surface area contributed by atoms with Gasteiger partial charge >= 0.3 is 6.03 Å². The van der Waals surface area contributed by atoms with Crippen molar-refractivity contribution in [1.82, 2.24) is 25.0 Å². The van der Waals surface area contributed by atoms with E-state index in [9.17, 15) is 4.79 Å². The molecule has 1 saturated carbocycles. The summed E-state index contributed by atoms with van der Waals surface area (Å²) < 4.78 is 13.0. The van der Waals surface area contributed by atoms with Crippen molar-refractivity contribution in [3.05, 3.63) is 12.2 Å². The molecule has 0 bridgehead atoms. The van der Waals surface area contributed by atoms with Crippen LogP contribution in [0.25, 0.3) is 0 Å². The summed E-state index contributed by atoms with van der Waals surface area (Å²) in [6.45, 7) is 4.97. The summed E-state index contributed by atoms with van der Waals surface area (Å²) in [5.41, 5.74) is 0. The van der Waals surface area contributed by atoms with Gasteiger partial charge in [0.25, 0.3) is 0 Å². The summed E-state index contributed by atoms with van der Waals surface area (Å²) in [5, 5.41) is 11.2. The van der Waals surface area contributed by atoms with Crippen molar-refractivity contribution < 1.29 is 14.3 Å². The highest BCUT2D eigenvalue weighted by Gasteiger charge is 2.35. The third kappa shape index (κ3) is 3.81. The van der Waals surface area contributed by atoms with E-state index in [2.05, 4.69) is 15.5 Å². The Balaban J connectivity index is 1.60. The van der Waals surface area contributed by atoms with Crippen molar-refractivity contribution in [2.45, 2.75) is 38.5 Å². The first-order valence-electron chi connectivity index (χ1n) is 8.26. The van der Waals surface area contributed by atoms with E-state index in [1.165, 1.54) is 12.8 Å². The molecule has 23 heavy (non-hydrogen) atoms. The van der Waals surface area contributed by atoms with E-state index in [0.717, 1.165) is 12.4 Å². The summed E-state index contributed by atoms with van der Waals surface area (Å²) >= 11 is 0. The number of carbonyl (C=O) groups excluding carboxylic acids is 1. The number of hydrogen-bond acceptors (Lipinski definition) is 5. The minimum Gasteiger partial charge on any atom is -0.383 e. The number of urea groups is 1. The maximum atomic E-state index is 12.5. The lowest BCUT2D eigenvalue weighted by molar-refractivity contribution is -0.0225. The maximum absolute atomic E-state index is 12.5. The first-order valence-corrected chi connectivity index (χ1v) is 8.26. The van der Waals surface area contributed by atoms with Crippen LogP contribution in [0.2, 0.25) is 0 Å². The Hall–Kier alpha value is -1.67. The van der Waals surface area contributed by atoms with Crippen LogP contribution in [0, 0.1) is 5.92 Å². The lowest BCUT2D eigenvalue weighted by Crippen LogP contribution is -2.51. The van der Waals surface area contributed by atoms with Crippen molar-refractivity contribution in [3.8, 4) is 0 Å². The van der Waals surface area contributed by atoms with Gasteiger partial charge in [-0.1, -0.05) is 0 Å². The van der Waals surface area contributed by atoms with Crippen LogP contribution in [-0.2, 0) is 16.0 Å².